The molecule has 0 radical (unpaired) electrons. The molecule has 0 aliphatic carbocycles. The molecule has 0 heterocycles. The Morgan fingerprint density at radius 2 is 1.90 bits per heavy atom. The lowest BCUT2D eigenvalue weighted by Gasteiger charge is -2.19. The first-order valence-electron chi connectivity index (χ1n) is 5.62. The number of carbonyl (C=O) groups excluding carboxylic acids is 1. The molecule has 0 saturated carbocycles. The lowest BCUT2D eigenvalue weighted by Crippen LogP contribution is -2.33. The molecule has 0 bridgehead atoms. The van der Waals surface area contributed by atoms with E-state index in [0.29, 0.717) is 0 Å². The number of carboxylic acids is 1. The van der Waals surface area contributed by atoms with E-state index < -0.39 is 23.7 Å². The SMILES string of the molecule is CN(CCC(=O)O)C(=O)Nc1ccccc1C(F)(F)F. The second-order valence-corrected chi connectivity index (χ2v) is 4.04. The molecule has 20 heavy (non-hydrogen) atoms. The number of nitrogens with one attached hydrogen (secondary N) is 1. The van der Waals surface area contributed by atoms with Crippen LogP contribution < -0.4 is 5.32 Å². The van der Waals surface area contributed by atoms with Crippen LogP contribution in [0.4, 0.5) is 23.7 Å². The van der Waals surface area contributed by atoms with Crippen LogP contribution >= 0.6 is 0 Å². The number of carboxylic acid groups (broad SMARTS) is 1. The molecule has 5 nitrogen and oxygen atoms in total. The number of benzene rings is 1. The third kappa shape index (κ3) is 4.45. The van der Waals surface area contributed by atoms with Gasteiger partial charge < -0.3 is 15.3 Å². The fraction of sp³-hybridized carbons (Fsp3) is 0.333. The van der Waals surface area contributed by atoms with Crippen molar-refractivity contribution in [2.75, 3.05) is 18.9 Å². The van der Waals surface area contributed by atoms with Crippen molar-refractivity contribution in [3.63, 3.8) is 0 Å². The van der Waals surface area contributed by atoms with E-state index in [1.165, 1.54) is 19.2 Å². The number of rotatable bonds is 4. The van der Waals surface area contributed by atoms with Crippen LogP contribution in [0.2, 0.25) is 0 Å². The van der Waals surface area contributed by atoms with E-state index in [1.54, 1.807) is 0 Å². The number of urea groups is 1. The summed E-state index contributed by atoms with van der Waals surface area (Å²) < 4.78 is 38.1. The molecular weight excluding hydrogens is 277 g/mol. The molecule has 8 heteroatoms. The molecular formula is C12H13F3N2O3. The zero-order valence-electron chi connectivity index (χ0n) is 10.6. The van der Waals surface area contributed by atoms with Crippen LogP contribution in [0.5, 0.6) is 0 Å². The molecule has 0 spiro atoms. The van der Waals surface area contributed by atoms with Gasteiger partial charge in [-0.2, -0.15) is 13.2 Å². The maximum atomic E-state index is 12.7. The summed E-state index contributed by atoms with van der Waals surface area (Å²) in [4.78, 5) is 23.0. The van der Waals surface area contributed by atoms with Gasteiger partial charge in [-0.25, -0.2) is 4.79 Å². The van der Waals surface area contributed by atoms with E-state index in [4.69, 9.17) is 5.11 Å². The largest absolute Gasteiger partial charge is 0.481 e. The number of anilines is 1. The van der Waals surface area contributed by atoms with E-state index >= 15 is 0 Å². The number of alkyl halides is 3. The highest BCUT2D eigenvalue weighted by molar-refractivity contribution is 5.90. The van der Waals surface area contributed by atoms with Gasteiger partial charge in [0, 0.05) is 13.6 Å². The molecule has 110 valence electrons. The van der Waals surface area contributed by atoms with Crippen molar-refractivity contribution in [2.24, 2.45) is 0 Å². The topological polar surface area (TPSA) is 69.6 Å². The van der Waals surface area contributed by atoms with E-state index in [9.17, 15) is 22.8 Å². The zero-order valence-corrected chi connectivity index (χ0v) is 10.6. The average molecular weight is 290 g/mol. The molecule has 2 N–H and O–H groups in total. The number of aliphatic carboxylic acids is 1. The summed E-state index contributed by atoms with van der Waals surface area (Å²) in [5.41, 5.74) is -1.33. The van der Waals surface area contributed by atoms with Gasteiger partial charge in [-0.15, -0.1) is 0 Å². The molecule has 0 aliphatic rings. The summed E-state index contributed by atoms with van der Waals surface area (Å²) in [7, 11) is 1.30. The van der Waals surface area contributed by atoms with Gasteiger partial charge in [-0.05, 0) is 12.1 Å². The highest BCUT2D eigenvalue weighted by atomic mass is 19.4. The van der Waals surface area contributed by atoms with Crippen molar-refractivity contribution in [3.8, 4) is 0 Å². The molecule has 0 fully saturated rings. The van der Waals surface area contributed by atoms with Crippen LogP contribution in [-0.2, 0) is 11.0 Å². The smallest absolute Gasteiger partial charge is 0.418 e. The second-order valence-electron chi connectivity index (χ2n) is 4.04. The first-order chi connectivity index (χ1) is 9.21. The zero-order chi connectivity index (χ0) is 15.3. The van der Waals surface area contributed by atoms with Crippen molar-refractivity contribution in [1.82, 2.24) is 4.90 Å². The summed E-state index contributed by atoms with van der Waals surface area (Å²) >= 11 is 0. The number of carbonyl (C=O) groups is 2. The molecule has 1 aromatic carbocycles. The molecule has 2 amide bonds. The number of para-hydroxylation sites is 1. The van der Waals surface area contributed by atoms with E-state index in [-0.39, 0.29) is 18.7 Å². The van der Waals surface area contributed by atoms with Crippen LogP contribution in [0, 0.1) is 0 Å². The Morgan fingerprint density at radius 1 is 1.30 bits per heavy atom. The third-order valence-electron chi connectivity index (χ3n) is 2.48. The first kappa shape index (κ1) is 15.8. The Morgan fingerprint density at radius 3 is 2.45 bits per heavy atom. The Hall–Kier alpha value is -2.25. The van der Waals surface area contributed by atoms with Gasteiger partial charge in [0.25, 0.3) is 0 Å². The predicted molar refractivity (Wildman–Crippen MR) is 65.3 cm³/mol. The second kappa shape index (κ2) is 6.27. The van der Waals surface area contributed by atoms with E-state index in [1.807, 2.05) is 0 Å². The summed E-state index contributed by atoms with van der Waals surface area (Å²) in [5, 5.41) is 10.6. The van der Waals surface area contributed by atoms with Crippen molar-refractivity contribution in [2.45, 2.75) is 12.6 Å². The molecule has 0 unspecified atom stereocenters. The Labute approximate surface area is 113 Å². The number of nitrogens with zero attached hydrogens (tertiary/aromatic N) is 1. The average Bonchev–Trinajstić information content (AvgIpc) is 2.35. The van der Waals surface area contributed by atoms with Crippen LogP contribution in [0.25, 0.3) is 0 Å². The minimum Gasteiger partial charge on any atom is -0.481 e. The minimum absolute atomic E-state index is 0.102. The number of halogens is 3. The predicted octanol–water partition coefficient (Wildman–Crippen LogP) is 2.64. The number of hydrogen-bond acceptors (Lipinski definition) is 2. The van der Waals surface area contributed by atoms with Gasteiger partial charge >= 0.3 is 18.2 Å². The lowest BCUT2D eigenvalue weighted by molar-refractivity contribution is -0.137. The number of hydrogen-bond donors (Lipinski definition) is 2. The highest BCUT2D eigenvalue weighted by Gasteiger charge is 2.33. The summed E-state index contributed by atoms with van der Waals surface area (Å²) in [6, 6.07) is 3.76. The summed E-state index contributed by atoms with van der Waals surface area (Å²) in [5.74, 6) is -1.10. The maximum absolute atomic E-state index is 12.7. The Bertz CT molecular complexity index is 503. The van der Waals surface area contributed by atoms with Crippen molar-refractivity contribution in [1.29, 1.82) is 0 Å². The molecule has 1 rings (SSSR count). The standard InChI is InChI=1S/C12H13F3N2O3/c1-17(7-6-10(18)19)11(20)16-9-5-3-2-4-8(9)12(13,14)15/h2-5H,6-7H2,1H3,(H,16,20)(H,18,19). The van der Waals surface area contributed by atoms with Gasteiger partial charge in [0.05, 0.1) is 17.7 Å². The normalized spacial score (nSPS) is 11.0. The monoisotopic (exact) mass is 290 g/mol. The van der Waals surface area contributed by atoms with Gasteiger partial charge in [-0.3, -0.25) is 4.79 Å². The first-order valence-corrected chi connectivity index (χ1v) is 5.62. The van der Waals surface area contributed by atoms with E-state index in [0.717, 1.165) is 17.0 Å². The molecule has 0 saturated heterocycles. The van der Waals surface area contributed by atoms with Crippen molar-refractivity contribution < 1.29 is 27.9 Å². The van der Waals surface area contributed by atoms with Crippen LogP contribution in [0.3, 0.4) is 0 Å². The Balaban J connectivity index is 2.78. The van der Waals surface area contributed by atoms with Gasteiger partial charge in [0.15, 0.2) is 0 Å². The molecule has 0 atom stereocenters. The summed E-state index contributed by atoms with van der Waals surface area (Å²) in [6.07, 6.45) is -4.87. The number of amides is 2. The van der Waals surface area contributed by atoms with Crippen molar-refractivity contribution >= 4 is 17.7 Å². The Kier molecular flexibility index (Phi) is 4.95. The van der Waals surface area contributed by atoms with E-state index in [2.05, 4.69) is 5.32 Å². The lowest BCUT2D eigenvalue weighted by atomic mass is 10.1. The molecule has 1 aromatic rings. The minimum atomic E-state index is -4.58. The fourth-order valence-electron chi connectivity index (χ4n) is 1.41. The van der Waals surface area contributed by atoms with Crippen LogP contribution in [-0.4, -0.2) is 35.6 Å². The third-order valence-corrected chi connectivity index (χ3v) is 2.48. The molecule has 0 aromatic heterocycles. The molecule has 0 aliphatic heterocycles. The van der Waals surface area contributed by atoms with Gasteiger partial charge in [0.1, 0.15) is 0 Å². The fourth-order valence-corrected chi connectivity index (χ4v) is 1.41. The van der Waals surface area contributed by atoms with Crippen LogP contribution in [0.1, 0.15) is 12.0 Å². The van der Waals surface area contributed by atoms with Crippen molar-refractivity contribution in [3.05, 3.63) is 29.8 Å². The highest BCUT2D eigenvalue weighted by Crippen LogP contribution is 2.34. The van der Waals surface area contributed by atoms with Gasteiger partial charge in [-0.1, -0.05) is 12.1 Å². The quantitative estimate of drug-likeness (QED) is 0.895. The van der Waals surface area contributed by atoms with Gasteiger partial charge in [0.2, 0.25) is 0 Å². The maximum Gasteiger partial charge on any atom is 0.418 e. The van der Waals surface area contributed by atoms with Crippen LogP contribution in [0.15, 0.2) is 24.3 Å². The summed E-state index contributed by atoms with van der Waals surface area (Å²) in [6.45, 7) is -0.102.